The van der Waals surface area contributed by atoms with Crippen molar-refractivity contribution in [1.82, 2.24) is 10.2 Å². The van der Waals surface area contributed by atoms with E-state index in [0.29, 0.717) is 0 Å². The average molecular weight is 266 g/mol. The van der Waals surface area contributed by atoms with E-state index in [-0.39, 0.29) is 5.54 Å². The van der Waals surface area contributed by atoms with Crippen LogP contribution in [0.25, 0.3) is 0 Å². The summed E-state index contributed by atoms with van der Waals surface area (Å²) in [5.74, 6) is 0. The first kappa shape index (κ1) is 15.5. The normalized spacial score (nSPS) is 12.1. The highest BCUT2D eigenvalue weighted by atomic mass is 32.2. The van der Waals surface area contributed by atoms with Crippen LogP contribution in [0.5, 0.6) is 0 Å². The highest BCUT2D eigenvalue weighted by Gasteiger charge is 2.09. The van der Waals surface area contributed by atoms with Gasteiger partial charge in [0.25, 0.3) is 0 Å². The van der Waals surface area contributed by atoms with E-state index >= 15 is 0 Å². The van der Waals surface area contributed by atoms with Gasteiger partial charge in [0, 0.05) is 30.1 Å². The molecule has 1 aromatic carbocycles. The number of hydrogen-bond acceptors (Lipinski definition) is 3. The third kappa shape index (κ3) is 5.89. The van der Waals surface area contributed by atoms with Gasteiger partial charge in [-0.25, -0.2) is 0 Å². The second-order valence-electron chi connectivity index (χ2n) is 5.73. The summed E-state index contributed by atoms with van der Waals surface area (Å²) in [6.45, 7) is 9.73. The van der Waals surface area contributed by atoms with Crippen LogP contribution in [-0.2, 0) is 6.54 Å². The van der Waals surface area contributed by atoms with Gasteiger partial charge in [0.05, 0.1) is 0 Å². The van der Waals surface area contributed by atoms with Gasteiger partial charge in [-0.1, -0.05) is 18.2 Å². The third-order valence-electron chi connectivity index (χ3n) is 2.78. The van der Waals surface area contributed by atoms with E-state index in [2.05, 4.69) is 68.6 Å². The second kappa shape index (κ2) is 7.17. The van der Waals surface area contributed by atoms with Crippen LogP contribution in [0.1, 0.15) is 26.3 Å². The zero-order chi connectivity index (χ0) is 13.6. The largest absolute Gasteiger partial charge is 0.311 e. The van der Waals surface area contributed by atoms with Crippen molar-refractivity contribution in [2.45, 2.75) is 37.8 Å². The lowest BCUT2D eigenvalue weighted by atomic mass is 10.1. The fraction of sp³-hybridized carbons (Fsp3) is 0.600. The van der Waals surface area contributed by atoms with E-state index in [1.165, 1.54) is 10.5 Å². The highest BCUT2D eigenvalue weighted by molar-refractivity contribution is 7.98. The van der Waals surface area contributed by atoms with Gasteiger partial charge in [-0.3, -0.25) is 0 Å². The van der Waals surface area contributed by atoms with Crippen LogP contribution in [0.15, 0.2) is 29.2 Å². The van der Waals surface area contributed by atoms with Crippen LogP contribution in [-0.4, -0.2) is 36.8 Å². The zero-order valence-electron chi connectivity index (χ0n) is 12.3. The molecule has 0 spiro atoms. The summed E-state index contributed by atoms with van der Waals surface area (Å²) >= 11 is 1.82. The molecule has 1 rings (SSSR count). The van der Waals surface area contributed by atoms with Crippen molar-refractivity contribution in [2.24, 2.45) is 0 Å². The van der Waals surface area contributed by atoms with Crippen molar-refractivity contribution in [3.05, 3.63) is 29.8 Å². The number of nitrogens with one attached hydrogen (secondary N) is 1. The highest BCUT2D eigenvalue weighted by Crippen LogP contribution is 2.20. The van der Waals surface area contributed by atoms with E-state index in [1.807, 2.05) is 11.8 Å². The van der Waals surface area contributed by atoms with E-state index in [0.717, 1.165) is 19.6 Å². The number of thioether (sulfide) groups is 1. The predicted molar refractivity (Wildman–Crippen MR) is 82.3 cm³/mol. The van der Waals surface area contributed by atoms with Crippen LogP contribution < -0.4 is 5.32 Å². The van der Waals surface area contributed by atoms with Gasteiger partial charge in [0.1, 0.15) is 0 Å². The first-order chi connectivity index (χ1) is 8.42. The van der Waals surface area contributed by atoms with Gasteiger partial charge >= 0.3 is 0 Å². The SMILES string of the molecule is CSc1ccccc1CN(C)CCNC(C)(C)C. The lowest BCUT2D eigenvalue weighted by Gasteiger charge is -2.24. The second-order valence-corrected chi connectivity index (χ2v) is 6.57. The van der Waals surface area contributed by atoms with Crippen LogP contribution in [0.2, 0.25) is 0 Å². The van der Waals surface area contributed by atoms with Crippen LogP contribution in [0, 0.1) is 0 Å². The topological polar surface area (TPSA) is 15.3 Å². The molecule has 0 amide bonds. The number of likely N-dealkylation sites (N-methyl/N-ethyl adjacent to an activating group) is 1. The summed E-state index contributed by atoms with van der Waals surface area (Å²) in [5, 5.41) is 3.52. The molecule has 0 radical (unpaired) electrons. The number of nitrogens with zero attached hydrogens (tertiary/aromatic N) is 1. The molecule has 0 atom stereocenters. The van der Waals surface area contributed by atoms with Gasteiger partial charge in [-0.2, -0.15) is 0 Å². The minimum atomic E-state index is 0.206. The van der Waals surface area contributed by atoms with Crippen molar-refractivity contribution in [3.8, 4) is 0 Å². The molecule has 102 valence electrons. The number of hydrogen-bond donors (Lipinski definition) is 1. The Labute approximate surface area is 116 Å². The van der Waals surface area contributed by atoms with Crippen molar-refractivity contribution in [1.29, 1.82) is 0 Å². The summed E-state index contributed by atoms with van der Waals surface area (Å²) in [6.07, 6.45) is 2.14. The smallest absolute Gasteiger partial charge is 0.0242 e. The monoisotopic (exact) mass is 266 g/mol. The van der Waals surface area contributed by atoms with E-state index in [4.69, 9.17) is 0 Å². The van der Waals surface area contributed by atoms with Crippen LogP contribution in [0.3, 0.4) is 0 Å². The Morgan fingerprint density at radius 1 is 1.22 bits per heavy atom. The van der Waals surface area contributed by atoms with Crippen molar-refractivity contribution in [2.75, 3.05) is 26.4 Å². The minimum absolute atomic E-state index is 0.206. The number of benzene rings is 1. The predicted octanol–water partition coefficient (Wildman–Crippen LogP) is 3.23. The molecule has 0 aliphatic carbocycles. The molecule has 3 heteroatoms. The maximum absolute atomic E-state index is 3.52. The Balaban J connectivity index is 2.42. The molecule has 0 aromatic heterocycles. The third-order valence-corrected chi connectivity index (χ3v) is 3.62. The summed E-state index contributed by atoms with van der Waals surface area (Å²) < 4.78 is 0. The molecular formula is C15H26N2S. The molecule has 18 heavy (non-hydrogen) atoms. The minimum Gasteiger partial charge on any atom is -0.311 e. The molecule has 0 bridgehead atoms. The molecule has 0 fully saturated rings. The Morgan fingerprint density at radius 2 is 1.89 bits per heavy atom. The Bertz CT molecular complexity index is 358. The quantitative estimate of drug-likeness (QED) is 0.796. The summed E-state index contributed by atoms with van der Waals surface area (Å²) in [6, 6.07) is 8.65. The van der Waals surface area contributed by atoms with E-state index in [9.17, 15) is 0 Å². The molecule has 1 N–H and O–H groups in total. The van der Waals surface area contributed by atoms with E-state index in [1.54, 1.807) is 0 Å². The molecule has 0 saturated heterocycles. The van der Waals surface area contributed by atoms with Gasteiger partial charge < -0.3 is 10.2 Å². The summed E-state index contributed by atoms with van der Waals surface area (Å²) in [4.78, 5) is 3.75. The van der Waals surface area contributed by atoms with Gasteiger partial charge in [0.15, 0.2) is 0 Å². The maximum atomic E-state index is 3.52. The Hall–Kier alpha value is -0.510. The summed E-state index contributed by atoms with van der Waals surface area (Å²) in [7, 11) is 2.18. The van der Waals surface area contributed by atoms with Gasteiger partial charge in [-0.05, 0) is 45.7 Å². The molecule has 0 heterocycles. The van der Waals surface area contributed by atoms with Gasteiger partial charge in [0.2, 0.25) is 0 Å². The van der Waals surface area contributed by atoms with E-state index < -0.39 is 0 Å². The standard InChI is InChI=1S/C15H26N2S/c1-15(2,3)16-10-11-17(4)12-13-8-6-7-9-14(13)18-5/h6-9,16H,10-12H2,1-5H3. The number of rotatable bonds is 6. The fourth-order valence-electron chi connectivity index (χ4n) is 1.83. The molecule has 0 aliphatic heterocycles. The van der Waals surface area contributed by atoms with Crippen LogP contribution >= 0.6 is 11.8 Å². The molecule has 0 aliphatic rings. The molecule has 0 unspecified atom stereocenters. The average Bonchev–Trinajstić information content (AvgIpc) is 2.28. The molecule has 0 saturated carbocycles. The zero-order valence-corrected chi connectivity index (χ0v) is 13.1. The first-order valence-electron chi connectivity index (χ1n) is 6.48. The lowest BCUT2D eigenvalue weighted by Crippen LogP contribution is -2.40. The fourth-order valence-corrected chi connectivity index (χ4v) is 2.43. The molecule has 1 aromatic rings. The van der Waals surface area contributed by atoms with Crippen LogP contribution in [0.4, 0.5) is 0 Å². The maximum Gasteiger partial charge on any atom is 0.0242 e. The Morgan fingerprint density at radius 3 is 2.50 bits per heavy atom. The van der Waals surface area contributed by atoms with Crippen molar-refractivity contribution in [3.63, 3.8) is 0 Å². The van der Waals surface area contributed by atoms with Crippen molar-refractivity contribution >= 4 is 11.8 Å². The lowest BCUT2D eigenvalue weighted by molar-refractivity contribution is 0.302. The Kier molecular flexibility index (Phi) is 6.19. The molecular weight excluding hydrogens is 240 g/mol. The summed E-state index contributed by atoms with van der Waals surface area (Å²) in [5.41, 5.74) is 1.63. The molecule has 2 nitrogen and oxygen atoms in total. The van der Waals surface area contributed by atoms with Crippen molar-refractivity contribution < 1.29 is 0 Å². The van der Waals surface area contributed by atoms with Gasteiger partial charge in [-0.15, -0.1) is 11.8 Å². The first-order valence-corrected chi connectivity index (χ1v) is 7.70.